The molecule has 0 aliphatic heterocycles. The summed E-state index contributed by atoms with van der Waals surface area (Å²) in [5, 5.41) is 9.46. The first-order valence-electron chi connectivity index (χ1n) is 4.67. The van der Waals surface area contributed by atoms with Gasteiger partial charge in [-0.25, -0.2) is 0 Å². The third-order valence-corrected chi connectivity index (χ3v) is 3.27. The van der Waals surface area contributed by atoms with Gasteiger partial charge in [-0.1, -0.05) is 0 Å². The molecule has 0 aliphatic carbocycles. The number of hydrogen-bond acceptors (Lipinski definition) is 4. The van der Waals surface area contributed by atoms with Crippen molar-refractivity contribution in [2.45, 2.75) is 0 Å². The van der Waals surface area contributed by atoms with E-state index in [1.807, 2.05) is 6.07 Å². The van der Waals surface area contributed by atoms with Crippen molar-refractivity contribution in [3.63, 3.8) is 0 Å². The average molecular weight is 234 g/mol. The maximum absolute atomic E-state index is 10.6. The monoisotopic (exact) mass is 234 g/mol. The maximum Gasteiger partial charge on any atom is 0.161 e. The number of carbonyl (C=O) groups excluding carboxylic acids is 1. The van der Waals surface area contributed by atoms with Gasteiger partial charge in [-0.3, -0.25) is 4.79 Å². The molecule has 1 aromatic carbocycles. The normalized spacial score (nSPS) is 10.1. The summed E-state index contributed by atoms with van der Waals surface area (Å²) >= 11 is 1.41. The highest BCUT2D eigenvalue weighted by Gasteiger charge is 2.06. The second-order valence-electron chi connectivity index (χ2n) is 3.21. The van der Waals surface area contributed by atoms with Crippen molar-refractivity contribution in [2.75, 3.05) is 7.11 Å². The van der Waals surface area contributed by atoms with Crippen LogP contribution in [0.5, 0.6) is 11.5 Å². The van der Waals surface area contributed by atoms with E-state index in [0.29, 0.717) is 10.6 Å². The highest BCUT2D eigenvalue weighted by Crippen LogP contribution is 2.34. The average Bonchev–Trinajstić information content (AvgIpc) is 2.78. The molecule has 0 atom stereocenters. The van der Waals surface area contributed by atoms with E-state index < -0.39 is 0 Å². The van der Waals surface area contributed by atoms with Crippen LogP contribution in [0.2, 0.25) is 0 Å². The zero-order chi connectivity index (χ0) is 11.5. The molecule has 0 spiro atoms. The van der Waals surface area contributed by atoms with E-state index in [4.69, 9.17) is 4.74 Å². The second kappa shape index (κ2) is 4.37. The molecule has 0 saturated heterocycles. The van der Waals surface area contributed by atoms with Crippen molar-refractivity contribution in [3.05, 3.63) is 35.2 Å². The minimum Gasteiger partial charge on any atom is -0.504 e. The van der Waals surface area contributed by atoms with Gasteiger partial charge in [0.15, 0.2) is 17.8 Å². The molecule has 4 heteroatoms. The van der Waals surface area contributed by atoms with Crippen LogP contribution < -0.4 is 4.74 Å². The van der Waals surface area contributed by atoms with Crippen molar-refractivity contribution in [2.24, 2.45) is 0 Å². The number of benzene rings is 1. The van der Waals surface area contributed by atoms with Crippen LogP contribution in [0.15, 0.2) is 30.3 Å². The number of methoxy groups -OCH3 is 1. The number of rotatable bonds is 3. The van der Waals surface area contributed by atoms with Gasteiger partial charge in [0, 0.05) is 4.88 Å². The first kappa shape index (κ1) is 10.7. The Balaban J connectivity index is 2.43. The fourth-order valence-corrected chi connectivity index (χ4v) is 2.22. The van der Waals surface area contributed by atoms with E-state index in [9.17, 15) is 9.90 Å². The van der Waals surface area contributed by atoms with Gasteiger partial charge in [-0.05, 0) is 35.9 Å². The van der Waals surface area contributed by atoms with Gasteiger partial charge in [0.25, 0.3) is 0 Å². The lowest BCUT2D eigenvalue weighted by Crippen LogP contribution is -1.83. The number of ether oxygens (including phenoxy) is 1. The third-order valence-electron chi connectivity index (χ3n) is 2.21. The summed E-state index contributed by atoms with van der Waals surface area (Å²) in [4.78, 5) is 12.2. The Labute approximate surface area is 96.9 Å². The van der Waals surface area contributed by atoms with Crippen LogP contribution in [0.3, 0.4) is 0 Å². The van der Waals surface area contributed by atoms with Gasteiger partial charge in [-0.2, -0.15) is 0 Å². The molecule has 2 rings (SSSR count). The molecule has 1 heterocycles. The molecule has 3 nitrogen and oxygen atoms in total. The summed E-state index contributed by atoms with van der Waals surface area (Å²) in [5.41, 5.74) is 0.924. The molecule has 0 unspecified atom stereocenters. The molecule has 0 radical (unpaired) electrons. The van der Waals surface area contributed by atoms with Gasteiger partial charge in [-0.15, -0.1) is 11.3 Å². The Bertz CT molecular complexity index is 517. The van der Waals surface area contributed by atoms with Crippen LogP contribution in [0.1, 0.15) is 9.67 Å². The van der Waals surface area contributed by atoms with Crippen LogP contribution in [-0.4, -0.2) is 18.5 Å². The lowest BCUT2D eigenvalue weighted by atomic mass is 10.1. The van der Waals surface area contributed by atoms with Gasteiger partial charge in [0.1, 0.15) is 0 Å². The second-order valence-corrected chi connectivity index (χ2v) is 4.32. The summed E-state index contributed by atoms with van der Waals surface area (Å²) in [5.74, 6) is 0.539. The number of aromatic hydroxyl groups is 1. The SMILES string of the molecule is COc1cc(-c2ccc(C=O)s2)ccc1O. The van der Waals surface area contributed by atoms with Crippen LogP contribution >= 0.6 is 11.3 Å². The van der Waals surface area contributed by atoms with Crippen molar-refractivity contribution in [1.29, 1.82) is 0 Å². The van der Waals surface area contributed by atoms with Crippen LogP contribution in [-0.2, 0) is 0 Å². The molecule has 0 aliphatic rings. The number of carbonyl (C=O) groups is 1. The smallest absolute Gasteiger partial charge is 0.161 e. The first-order valence-corrected chi connectivity index (χ1v) is 5.48. The molecule has 16 heavy (non-hydrogen) atoms. The quantitative estimate of drug-likeness (QED) is 0.830. The minimum atomic E-state index is 0.110. The van der Waals surface area contributed by atoms with E-state index in [1.165, 1.54) is 18.4 Å². The molecule has 1 aromatic heterocycles. The van der Waals surface area contributed by atoms with Crippen molar-refractivity contribution < 1.29 is 14.6 Å². The highest BCUT2D eigenvalue weighted by molar-refractivity contribution is 7.17. The molecule has 1 N–H and O–H groups in total. The van der Waals surface area contributed by atoms with Crippen molar-refractivity contribution in [3.8, 4) is 21.9 Å². The summed E-state index contributed by atoms with van der Waals surface area (Å²) in [6, 6.07) is 8.76. The highest BCUT2D eigenvalue weighted by atomic mass is 32.1. The number of phenolic OH excluding ortho intramolecular Hbond substituents is 1. The van der Waals surface area contributed by atoms with Gasteiger partial charge in [0.05, 0.1) is 12.0 Å². The molecule has 0 saturated carbocycles. The van der Waals surface area contributed by atoms with Gasteiger partial charge < -0.3 is 9.84 Å². The number of aldehydes is 1. The van der Waals surface area contributed by atoms with Crippen LogP contribution in [0, 0.1) is 0 Å². The molecular formula is C12H10O3S. The zero-order valence-electron chi connectivity index (χ0n) is 8.64. The number of phenols is 1. The zero-order valence-corrected chi connectivity index (χ0v) is 9.45. The predicted octanol–water partition coefficient (Wildman–Crippen LogP) is 2.94. The molecule has 0 fully saturated rings. The summed E-state index contributed by atoms with van der Waals surface area (Å²) < 4.78 is 5.03. The summed E-state index contributed by atoms with van der Waals surface area (Å²) in [6.45, 7) is 0. The topological polar surface area (TPSA) is 46.5 Å². The van der Waals surface area contributed by atoms with E-state index in [-0.39, 0.29) is 5.75 Å². The van der Waals surface area contributed by atoms with Crippen molar-refractivity contribution >= 4 is 17.6 Å². The standard InChI is InChI=1S/C12H10O3S/c1-15-11-6-8(2-4-10(11)14)12-5-3-9(7-13)16-12/h2-7,14H,1H3. The summed E-state index contributed by atoms with van der Waals surface area (Å²) in [6.07, 6.45) is 0.825. The largest absolute Gasteiger partial charge is 0.504 e. The molecule has 82 valence electrons. The summed E-state index contributed by atoms with van der Waals surface area (Å²) in [7, 11) is 1.50. The minimum absolute atomic E-state index is 0.110. The maximum atomic E-state index is 10.6. The molecule has 2 aromatic rings. The molecule has 0 amide bonds. The van der Waals surface area contributed by atoms with E-state index in [1.54, 1.807) is 24.3 Å². The molecule has 0 bridgehead atoms. The van der Waals surface area contributed by atoms with Crippen molar-refractivity contribution in [1.82, 2.24) is 0 Å². The number of hydrogen-bond donors (Lipinski definition) is 1. The Morgan fingerprint density at radius 3 is 2.75 bits per heavy atom. The van der Waals surface area contributed by atoms with Crippen LogP contribution in [0.25, 0.3) is 10.4 Å². The first-order chi connectivity index (χ1) is 7.74. The fourth-order valence-electron chi connectivity index (χ4n) is 1.40. The Kier molecular flexibility index (Phi) is 2.92. The lowest BCUT2D eigenvalue weighted by Gasteiger charge is -2.04. The number of thiophene rings is 1. The Morgan fingerprint density at radius 2 is 2.12 bits per heavy atom. The van der Waals surface area contributed by atoms with Gasteiger partial charge >= 0.3 is 0 Å². The third kappa shape index (κ3) is 1.92. The fraction of sp³-hybridized carbons (Fsp3) is 0.0833. The van der Waals surface area contributed by atoms with E-state index in [2.05, 4.69) is 0 Å². The predicted molar refractivity (Wildman–Crippen MR) is 63.4 cm³/mol. The van der Waals surface area contributed by atoms with E-state index >= 15 is 0 Å². The van der Waals surface area contributed by atoms with Gasteiger partial charge in [0.2, 0.25) is 0 Å². The van der Waals surface area contributed by atoms with E-state index in [0.717, 1.165) is 16.7 Å². The Morgan fingerprint density at radius 1 is 1.31 bits per heavy atom. The molecular weight excluding hydrogens is 224 g/mol. The Hall–Kier alpha value is -1.81. The lowest BCUT2D eigenvalue weighted by molar-refractivity contribution is 0.112. The van der Waals surface area contributed by atoms with Crippen LogP contribution in [0.4, 0.5) is 0 Å².